The second-order valence-corrected chi connectivity index (χ2v) is 12.9. The van der Waals surface area contributed by atoms with E-state index in [1.165, 1.54) is 26.9 Å². The van der Waals surface area contributed by atoms with Gasteiger partial charge in [0.15, 0.2) is 0 Å². The van der Waals surface area contributed by atoms with Crippen LogP contribution >= 0.6 is 0 Å². The molecule has 0 aliphatic carbocycles. The van der Waals surface area contributed by atoms with Gasteiger partial charge in [0, 0.05) is 43.3 Å². The number of benzene rings is 7. The predicted molar refractivity (Wildman–Crippen MR) is 200 cm³/mol. The van der Waals surface area contributed by atoms with Crippen molar-refractivity contribution in [3.8, 4) is 17.2 Å². The molecule has 0 aliphatic heterocycles. The Bertz CT molecular complexity index is 3340. The van der Waals surface area contributed by atoms with E-state index in [2.05, 4.69) is 120 Å². The summed E-state index contributed by atoms with van der Waals surface area (Å²) in [5.41, 5.74) is 8.18. The summed E-state index contributed by atoms with van der Waals surface area (Å²) in [5, 5.41) is 12.5. The van der Waals surface area contributed by atoms with E-state index >= 15 is 0 Å². The first kappa shape index (κ1) is 25.4. The quantitative estimate of drug-likeness (QED) is 0.192. The molecule has 4 aromatic heterocycles. The SMILES string of the molecule is c1ccc2c(-c3cccc4c3oc3ccccc34)nc(-n3c4cccc5c6ccccc6c6cccc7oc8ccc3c(c8c76)c54)nc2c1. The fourth-order valence-corrected chi connectivity index (χ4v) is 8.38. The normalized spacial score (nSPS) is 12.5. The molecular formula is C44H23N3O2. The predicted octanol–water partition coefficient (Wildman–Crippen LogP) is 11.9. The Labute approximate surface area is 277 Å². The zero-order valence-electron chi connectivity index (χ0n) is 25.9. The monoisotopic (exact) mass is 625 g/mol. The van der Waals surface area contributed by atoms with E-state index in [0.717, 1.165) is 82.5 Å². The van der Waals surface area contributed by atoms with Crippen LogP contribution in [0.4, 0.5) is 0 Å². The molecule has 0 amide bonds. The lowest BCUT2D eigenvalue weighted by atomic mass is 9.95. The Balaban J connectivity index is 1.28. The van der Waals surface area contributed by atoms with Crippen molar-refractivity contribution in [3.63, 3.8) is 0 Å². The number of fused-ring (bicyclic) bond motifs is 7. The summed E-state index contributed by atoms with van der Waals surface area (Å²) in [6.07, 6.45) is 0. The topological polar surface area (TPSA) is 57.0 Å². The zero-order chi connectivity index (χ0) is 31.8. The summed E-state index contributed by atoms with van der Waals surface area (Å²) < 4.78 is 15.3. The lowest BCUT2D eigenvalue weighted by Crippen LogP contribution is -2.03. The van der Waals surface area contributed by atoms with Crippen LogP contribution in [0.3, 0.4) is 0 Å². The van der Waals surface area contributed by atoms with Gasteiger partial charge in [0.05, 0.1) is 22.2 Å². The van der Waals surface area contributed by atoms with Crippen LogP contribution in [0.25, 0.3) is 115 Å². The van der Waals surface area contributed by atoms with Gasteiger partial charge in [-0.15, -0.1) is 0 Å². The van der Waals surface area contributed by atoms with E-state index < -0.39 is 0 Å². The molecule has 12 aromatic rings. The third-order valence-corrected chi connectivity index (χ3v) is 10.4. The number of para-hydroxylation sites is 3. The number of aromatic nitrogens is 3. The highest BCUT2D eigenvalue weighted by Crippen LogP contribution is 2.47. The summed E-state index contributed by atoms with van der Waals surface area (Å²) in [6.45, 7) is 0. The van der Waals surface area contributed by atoms with E-state index in [0.29, 0.717) is 5.95 Å². The van der Waals surface area contributed by atoms with E-state index in [9.17, 15) is 0 Å². The minimum absolute atomic E-state index is 0.610. The van der Waals surface area contributed by atoms with E-state index in [1.54, 1.807) is 0 Å². The van der Waals surface area contributed by atoms with Crippen molar-refractivity contribution < 1.29 is 8.83 Å². The van der Waals surface area contributed by atoms with Gasteiger partial charge in [-0.2, -0.15) is 0 Å². The second-order valence-electron chi connectivity index (χ2n) is 12.9. The van der Waals surface area contributed by atoms with Crippen LogP contribution in [0.2, 0.25) is 0 Å². The Kier molecular flexibility index (Phi) is 4.66. The van der Waals surface area contributed by atoms with Crippen LogP contribution in [-0.2, 0) is 0 Å². The summed E-state index contributed by atoms with van der Waals surface area (Å²) in [6, 6.07) is 48.7. The van der Waals surface area contributed by atoms with Crippen molar-refractivity contribution in [1.82, 2.24) is 14.5 Å². The van der Waals surface area contributed by atoms with Gasteiger partial charge < -0.3 is 8.83 Å². The van der Waals surface area contributed by atoms with Crippen LogP contribution in [0.15, 0.2) is 148 Å². The summed E-state index contributed by atoms with van der Waals surface area (Å²) in [7, 11) is 0. The molecule has 0 fully saturated rings. The molecule has 0 bridgehead atoms. The number of nitrogens with zero attached hydrogens (tertiary/aromatic N) is 3. The summed E-state index contributed by atoms with van der Waals surface area (Å²) >= 11 is 0. The van der Waals surface area contributed by atoms with Crippen LogP contribution in [-0.4, -0.2) is 14.5 Å². The smallest absolute Gasteiger partial charge is 0.235 e. The third kappa shape index (κ3) is 3.19. The number of rotatable bonds is 2. The van der Waals surface area contributed by atoms with Crippen molar-refractivity contribution in [2.75, 3.05) is 0 Å². The van der Waals surface area contributed by atoms with Gasteiger partial charge in [-0.1, -0.05) is 97.1 Å². The molecule has 12 rings (SSSR count). The molecule has 0 atom stereocenters. The molecule has 0 radical (unpaired) electrons. The minimum atomic E-state index is 0.610. The van der Waals surface area contributed by atoms with Crippen molar-refractivity contribution in [2.45, 2.75) is 0 Å². The Hall–Kier alpha value is -6.72. The Morgan fingerprint density at radius 2 is 1.02 bits per heavy atom. The average molecular weight is 626 g/mol. The highest BCUT2D eigenvalue weighted by Gasteiger charge is 2.25. The van der Waals surface area contributed by atoms with Gasteiger partial charge in [-0.3, -0.25) is 4.57 Å². The van der Waals surface area contributed by atoms with Crippen LogP contribution in [0.5, 0.6) is 0 Å². The highest BCUT2D eigenvalue weighted by atomic mass is 16.3. The number of furan rings is 2. The molecule has 8 aromatic carbocycles. The first-order valence-electron chi connectivity index (χ1n) is 16.5. The standard InChI is InChI=1S/C44H23N3O2/c1-2-11-25-24(10-1)27-14-8-19-33-38(27)40-34(22-23-37-41(40)39-28(25)15-9-21-36(39)48-37)47(33)44-45-32-18-5-3-13-30(32)42(46-44)31-17-7-16-29-26-12-4-6-20-35(26)49-43(29)31/h1-23H. The van der Waals surface area contributed by atoms with Crippen LogP contribution in [0, 0.1) is 0 Å². The lowest BCUT2D eigenvalue weighted by molar-refractivity contribution is 0.669. The highest BCUT2D eigenvalue weighted by molar-refractivity contribution is 6.38. The van der Waals surface area contributed by atoms with Gasteiger partial charge in [0.2, 0.25) is 5.95 Å². The summed E-state index contributed by atoms with van der Waals surface area (Å²) in [5.74, 6) is 0.610. The molecule has 0 aliphatic rings. The molecule has 4 heterocycles. The molecule has 0 saturated heterocycles. The van der Waals surface area contributed by atoms with Crippen molar-refractivity contribution in [2.24, 2.45) is 0 Å². The van der Waals surface area contributed by atoms with Crippen molar-refractivity contribution >= 4 is 98.1 Å². The molecule has 0 N–H and O–H groups in total. The van der Waals surface area contributed by atoms with Crippen LogP contribution < -0.4 is 0 Å². The molecule has 5 nitrogen and oxygen atoms in total. The molecule has 5 heteroatoms. The second kappa shape index (κ2) is 9.00. The van der Waals surface area contributed by atoms with Crippen LogP contribution in [0.1, 0.15) is 0 Å². The van der Waals surface area contributed by atoms with Gasteiger partial charge in [0.1, 0.15) is 22.3 Å². The van der Waals surface area contributed by atoms with E-state index in [4.69, 9.17) is 18.8 Å². The van der Waals surface area contributed by atoms with E-state index in [-0.39, 0.29) is 0 Å². The first-order chi connectivity index (χ1) is 24.3. The summed E-state index contributed by atoms with van der Waals surface area (Å²) in [4.78, 5) is 10.7. The molecule has 0 spiro atoms. The largest absolute Gasteiger partial charge is 0.456 e. The fourth-order valence-electron chi connectivity index (χ4n) is 8.38. The first-order valence-corrected chi connectivity index (χ1v) is 16.5. The third-order valence-electron chi connectivity index (χ3n) is 10.4. The maximum Gasteiger partial charge on any atom is 0.235 e. The molecular weight excluding hydrogens is 603 g/mol. The van der Waals surface area contributed by atoms with Crippen molar-refractivity contribution in [3.05, 3.63) is 140 Å². The van der Waals surface area contributed by atoms with Gasteiger partial charge in [0.25, 0.3) is 0 Å². The fraction of sp³-hybridized carbons (Fsp3) is 0. The molecule has 49 heavy (non-hydrogen) atoms. The zero-order valence-corrected chi connectivity index (χ0v) is 25.9. The Morgan fingerprint density at radius 3 is 1.90 bits per heavy atom. The maximum atomic E-state index is 6.55. The molecule has 0 unspecified atom stereocenters. The maximum absolute atomic E-state index is 6.55. The van der Waals surface area contributed by atoms with E-state index in [1.807, 2.05) is 24.3 Å². The molecule has 0 saturated carbocycles. The lowest BCUT2D eigenvalue weighted by Gasteiger charge is -2.12. The average Bonchev–Trinajstić information content (AvgIpc) is 3.83. The minimum Gasteiger partial charge on any atom is -0.456 e. The van der Waals surface area contributed by atoms with Gasteiger partial charge in [-0.25, -0.2) is 9.97 Å². The van der Waals surface area contributed by atoms with Gasteiger partial charge in [-0.05, 0) is 64.0 Å². The molecule has 226 valence electrons. The van der Waals surface area contributed by atoms with Crippen molar-refractivity contribution in [1.29, 1.82) is 0 Å². The van der Waals surface area contributed by atoms with Gasteiger partial charge >= 0.3 is 0 Å². The number of hydrogen-bond donors (Lipinski definition) is 0. The Morgan fingerprint density at radius 1 is 0.388 bits per heavy atom. The number of hydrogen-bond acceptors (Lipinski definition) is 4.